The summed E-state index contributed by atoms with van der Waals surface area (Å²) in [5, 5.41) is 11.8. The number of rotatable bonds is 11. The first-order chi connectivity index (χ1) is 13.7. The van der Waals surface area contributed by atoms with Crippen LogP contribution in [-0.4, -0.2) is 54.1 Å². The molecule has 1 amide bonds. The molecule has 0 spiro atoms. The number of nitrogens with one attached hydrogen (secondary N) is 1. The highest BCUT2D eigenvalue weighted by molar-refractivity contribution is 7.88. The summed E-state index contributed by atoms with van der Waals surface area (Å²) in [4.78, 5) is 35.8. The molecule has 160 valence electrons. The molecule has 2 rings (SSSR count). The molecule has 2 unspecified atom stereocenters. The highest BCUT2D eigenvalue weighted by Crippen LogP contribution is 2.24. The van der Waals surface area contributed by atoms with Crippen LogP contribution in [0.2, 0.25) is 0 Å². The molecule has 1 saturated heterocycles. The highest BCUT2D eigenvalue weighted by atomic mass is 32.2. The first-order valence-electron chi connectivity index (χ1n) is 9.83. The van der Waals surface area contributed by atoms with Gasteiger partial charge in [-0.1, -0.05) is 37.3 Å². The first kappa shape index (κ1) is 23.0. The van der Waals surface area contributed by atoms with Gasteiger partial charge in [0, 0.05) is 19.4 Å². The van der Waals surface area contributed by atoms with Crippen molar-refractivity contribution in [2.75, 3.05) is 6.54 Å². The van der Waals surface area contributed by atoms with E-state index in [0.717, 1.165) is 4.31 Å². The first-order valence-corrected chi connectivity index (χ1v) is 11.4. The number of carbonyl (C=O) groups is 3. The molecule has 8 nitrogen and oxygen atoms in total. The topological polar surface area (TPSA) is 121 Å². The minimum atomic E-state index is -3.73. The molecule has 0 aliphatic carbocycles. The van der Waals surface area contributed by atoms with Gasteiger partial charge in [-0.2, -0.15) is 4.31 Å². The Morgan fingerprint density at radius 3 is 2.52 bits per heavy atom. The van der Waals surface area contributed by atoms with E-state index in [2.05, 4.69) is 5.32 Å². The summed E-state index contributed by atoms with van der Waals surface area (Å²) in [6.07, 6.45) is 1.96. The lowest BCUT2D eigenvalue weighted by Crippen LogP contribution is -2.51. The Bertz CT molecular complexity index is 825. The average Bonchev–Trinajstić information content (AvgIpc) is 3.16. The van der Waals surface area contributed by atoms with Crippen LogP contribution >= 0.6 is 0 Å². The van der Waals surface area contributed by atoms with E-state index < -0.39 is 34.0 Å². The largest absolute Gasteiger partial charge is 0.480 e. The van der Waals surface area contributed by atoms with E-state index >= 15 is 0 Å². The van der Waals surface area contributed by atoms with Gasteiger partial charge >= 0.3 is 5.97 Å². The van der Waals surface area contributed by atoms with E-state index in [1.165, 1.54) is 0 Å². The van der Waals surface area contributed by atoms with Crippen molar-refractivity contribution in [2.24, 2.45) is 0 Å². The molecule has 2 N–H and O–H groups in total. The summed E-state index contributed by atoms with van der Waals surface area (Å²) in [6, 6.07) is 6.54. The zero-order valence-corrected chi connectivity index (χ0v) is 17.4. The standard InChI is InChI=1S/C20H28N2O6S/c1-2-7-16(23)11-12-17(20(25)26)21-19(24)18-10-6-13-22(18)29(27,28)14-15-8-4-3-5-9-15/h3-5,8-9,17-18H,2,6-7,10-14H2,1H3,(H,21,24)(H,25,26). The number of amides is 1. The minimum absolute atomic E-state index is 0.0105. The van der Waals surface area contributed by atoms with Crippen molar-refractivity contribution in [3.63, 3.8) is 0 Å². The van der Waals surface area contributed by atoms with Crippen LogP contribution in [-0.2, 0) is 30.2 Å². The fourth-order valence-electron chi connectivity index (χ4n) is 3.44. The average molecular weight is 425 g/mol. The number of carbonyl (C=O) groups excluding carboxylic acids is 2. The van der Waals surface area contributed by atoms with Crippen molar-refractivity contribution in [2.45, 2.75) is 63.3 Å². The number of ketones is 1. The van der Waals surface area contributed by atoms with E-state index in [-0.39, 0.29) is 30.9 Å². The number of carboxylic acid groups (broad SMARTS) is 1. The summed E-state index contributed by atoms with van der Waals surface area (Å²) < 4.78 is 26.8. The van der Waals surface area contributed by atoms with Crippen molar-refractivity contribution < 1.29 is 27.9 Å². The van der Waals surface area contributed by atoms with E-state index in [0.29, 0.717) is 31.2 Å². The quantitative estimate of drug-likeness (QED) is 0.558. The zero-order chi connectivity index (χ0) is 21.4. The molecule has 1 fully saturated rings. The van der Waals surface area contributed by atoms with Crippen LogP contribution in [0.15, 0.2) is 30.3 Å². The number of sulfonamides is 1. The molecule has 29 heavy (non-hydrogen) atoms. The lowest BCUT2D eigenvalue weighted by Gasteiger charge is -2.25. The predicted octanol–water partition coefficient (Wildman–Crippen LogP) is 1.70. The van der Waals surface area contributed by atoms with E-state index in [4.69, 9.17) is 0 Å². The predicted molar refractivity (Wildman–Crippen MR) is 108 cm³/mol. The van der Waals surface area contributed by atoms with Crippen LogP contribution in [0.4, 0.5) is 0 Å². The summed E-state index contributed by atoms with van der Waals surface area (Å²) in [7, 11) is -3.73. The van der Waals surface area contributed by atoms with E-state index in [1.54, 1.807) is 30.3 Å². The Hall–Kier alpha value is -2.26. The molecule has 0 aromatic heterocycles. The Labute approximate surface area is 171 Å². The van der Waals surface area contributed by atoms with Gasteiger partial charge in [-0.05, 0) is 31.2 Å². The molecule has 1 aliphatic heterocycles. The highest BCUT2D eigenvalue weighted by Gasteiger charge is 2.39. The number of hydrogen-bond acceptors (Lipinski definition) is 5. The lowest BCUT2D eigenvalue weighted by atomic mass is 10.1. The van der Waals surface area contributed by atoms with Crippen molar-refractivity contribution in [1.82, 2.24) is 9.62 Å². The second kappa shape index (κ2) is 10.5. The maximum Gasteiger partial charge on any atom is 0.326 e. The monoisotopic (exact) mass is 424 g/mol. The molecule has 9 heteroatoms. The third-order valence-electron chi connectivity index (χ3n) is 4.91. The molecule has 2 atom stereocenters. The summed E-state index contributed by atoms with van der Waals surface area (Å²) in [5.74, 6) is -2.14. The molecule has 1 aromatic rings. The molecule has 1 heterocycles. The fourth-order valence-corrected chi connectivity index (χ4v) is 5.21. The van der Waals surface area contributed by atoms with E-state index in [1.807, 2.05) is 6.92 Å². The minimum Gasteiger partial charge on any atom is -0.480 e. The van der Waals surface area contributed by atoms with Gasteiger partial charge in [0.1, 0.15) is 17.9 Å². The van der Waals surface area contributed by atoms with Gasteiger partial charge in [0.05, 0.1) is 5.75 Å². The number of carboxylic acids is 1. The van der Waals surface area contributed by atoms with Gasteiger partial charge in [0.25, 0.3) is 0 Å². The van der Waals surface area contributed by atoms with E-state index in [9.17, 15) is 27.9 Å². The van der Waals surface area contributed by atoms with Crippen molar-refractivity contribution >= 4 is 27.7 Å². The van der Waals surface area contributed by atoms with Crippen LogP contribution in [0.5, 0.6) is 0 Å². The van der Waals surface area contributed by atoms with Crippen molar-refractivity contribution in [3.05, 3.63) is 35.9 Å². The Balaban J connectivity index is 2.04. The zero-order valence-electron chi connectivity index (χ0n) is 16.5. The second-order valence-corrected chi connectivity index (χ2v) is 9.16. The van der Waals surface area contributed by atoms with Crippen molar-refractivity contribution in [1.29, 1.82) is 0 Å². The van der Waals surface area contributed by atoms with Crippen LogP contribution in [0.3, 0.4) is 0 Å². The van der Waals surface area contributed by atoms with Crippen molar-refractivity contribution in [3.8, 4) is 0 Å². The molecule has 1 aromatic carbocycles. The summed E-state index contributed by atoms with van der Waals surface area (Å²) >= 11 is 0. The number of Topliss-reactive ketones (excluding diaryl/α,β-unsaturated/α-hetero) is 1. The maximum absolute atomic E-state index is 12.8. The van der Waals surface area contributed by atoms with Crippen LogP contribution in [0.1, 0.15) is 51.0 Å². The lowest BCUT2D eigenvalue weighted by molar-refractivity contribution is -0.142. The van der Waals surface area contributed by atoms with Gasteiger partial charge in [-0.15, -0.1) is 0 Å². The maximum atomic E-state index is 12.8. The van der Waals surface area contributed by atoms with Crippen LogP contribution in [0, 0.1) is 0 Å². The molecule has 0 bridgehead atoms. The molecule has 0 saturated carbocycles. The Morgan fingerprint density at radius 2 is 1.90 bits per heavy atom. The van der Waals surface area contributed by atoms with Gasteiger partial charge in [0.2, 0.25) is 15.9 Å². The molecule has 0 radical (unpaired) electrons. The molecule has 1 aliphatic rings. The van der Waals surface area contributed by atoms with Gasteiger partial charge < -0.3 is 10.4 Å². The Kier molecular flexibility index (Phi) is 8.33. The van der Waals surface area contributed by atoms with Gasteiger partial charge in [-0.3, -0.25) is 9.59 Å². The smallest absolute Gasteiger partial charge is 0.326 e. The Morgan fingerprint density at radius 1 is 1.21 bits per heavy atom. The number of benzene rings is 1. The normalized spacial score (nSPS) is 18.3. The SMILES string of the molecule is CCCC(=O)CCC(NC(=O)C1CCCN1S(=O)(=O)Cc1ccccc1)C(=O)O. The fraction of sp³-hybridized carbons (Fsp3) is 0.550. The third-order valence-corrected chi connectivity index (χ3v) is 6.76. The summed E-state index contributed by atoms with van der Waals surface area (Å²) in [5.41, 5.74) is 0.622. The molecular formula is C20H28N2O6S. The third kappa shape index (κ3) is 6.64. The van der Waals surface area contributed by atoms with Crippen LogP contribution < -0.4 is 5.32 Å². The van der Waals surface area contributed by atoms with Crippen LogP contribution in [0.25, 0.3) is 0 Å². The second-order valence-electron chi connectivity index (χ2n) is 7.24. The number of aliphatic carboxylic acids is 1. The number of hydrogen-bond donors (Lipinski definition) is 2. The summed E-state index contributed by atoms with van der Waals surface area (Å²) in [6.45, 7) is 2.08. The van der Waals surface area contributed by atoms with Gasteiger partial charge in [-0.25, -0.2) is 13.2 Å². The van der Waals surface area contributed by atoms with Gasteiger partial charge in [0.15, 0.2) is 0 Å². The number of nitrogens with zero attached hydrogens (tertiary/aromatic N) is 1. The molecular weight excluding hydrogens is 396 g/mol.